The molecule has 0 radical (unpaired) electrons. The Kier molecular flexibility index (Phi) is 8.22. The molecule has 13 heteroatoms. The monoisotopic (exact) mass is 510 g/mol. The highest BCUT2D eigenvalue weighted by Gasteiger charge is 2.45. The van der Waals surface area contributed by atoms with Gasteiger partial charge < -0.3 is 20.2 Å². The van der Waals surface area contributed by atoms with Gasteiger partial charge in [0.05, 0.1) is 6.54 Å². The number of benzene rings is 1. The molecule has 0 saturated carbocycles. The molecule has 1 aromatic heterocycles. The normalized spacial score (nSPS) is 19.0. The number of pyridine rings is 1. The molecule has 4 rings (SSSR count). The van der Waals surface area contributed by atoms with E-state index in [-0.39, 0.29) is 11.8 Å². The third-order valence-corrected chi connectivity index (χ3v) is 5.42. The van der Waals surface area contributed by atoms with Crippen molar-refractivity contribution in [2.45, 2.75) is 37.6 Å². The van der Waals surface area contributed by atoms with E-state index in [2.05, 4.69) is 15.5 Å². The molecule has 0 aliphatic carbocycles. The van der Waals surface area contributed by atoms with Gasteiger partial charge in [0, 0.05) is 37.5 Å². The molecular weight excluding hydrogens is 488 g/mol. The van der Waals surface area contributed by atoms with Crippen LogP contribution in [0.4, 0.5) is 17.6 Å². The lowest BCUT2D eigenvalue weighted by atomic mass is 9.87. The highest BCUT2D eigenvalue weighted by atomic mass is 19.4. The fourth-order valence-corrected chi connectivity index (χ4v) is 3.72. The predicted molar refractivity (Wildman–Crippen MR) is 117 cm³/mol. The maximum atomic E-state index is 13.5. The van der Waals surface area contributed by atoms with Crippen LogP contribution in [0.1, 0.15) is 35.2 Å². The van der Waals surface area contributed by atoms with E-state index in [1.54, 1.807) is 29.4 Å². The van der Waals surface area contributed by atoms with Crippen LogP contribution < -0.4 is 5.32 Å². The number of carbonyl (C=O) groups is 3. The molecule has 192 valence electrons. The van der Waals surface area contributed by atoms with E-state index in [0.29, 0.717) is 43.8 Å². The zero-order chi connectivity index (χ0) is 26.3. The number of halogens is 4. The number of aliphatic carboxylic acids is 1. The third kappa shape index (κ3) is 6.99. The first kappa shape index (κ1) is 26.6. The standard InChI is InChI=1S/C21H21FN4O3.C2HF3O2/c22-17-6-1-5-16(10-17)20(28)26-9-3-7-21(14-26)11-18(25-29-21)19(27)24-13-15-4-2-8-23-12-15;3-2(4,5)1(6)7/h1-2,4-6,8,10,12H,3,7,9,11,13-14H2,(H,24,27);(H,6,7). The topological polar surface area (TPSA) is 121 Å². The number of rotatable bonds is 4. The summed E-state index contributed by atoms with van der Waals surface area (Å²) in [6, 6.07) is 9.32. The second kappa shape index (κ2) is 11.1. The molecule has 1 aromatic carbocycles. The molecule has 9 nitrogen and oxygen atoms in total. The van der Waals surface area contributed by atoms with Crippen LogP contribution in [-0.4, -0.2) is 63.4 Å². The summed E-state index contributed by atoms with van der Waals surface area (Å²) in [7, 11) is 0. The Morgan fingerprint density at radius 1 is 1.19 bits per heavy atom. The quantitative estimate of drug-likeness (QED) is 0.611. The van der Waals surface area contributed by atoms with Gasteiger partial charge in [-0.25, -0.2) is 9.18 Å². The molecule has 2 amide bonds. The number of nitrogens with zero attached hydrogens (tertiary/aromatic N) is 3. The Morgan fingerprint density at radius 3 is 2.58 bits per heavy atom. The number of hydrogen-bond acceptors (Lipinski definition) is 6. The van der Waals surface area contributed by atoms with Crippen LogP contribution in [-0.2, 0) is 21.0 Å². The summed E-state index contributed by atoms with van der Waals surface area (Å²) in [4.78, 5) is 45.4. The van der Waals surface area contributed by atoms with Crippen molar-refractivity contribution in [3.8, 4) is 0 Å². The van der Waals surface area contributed by atoms with Gasteiger partial charge in [0.15, 0.2) is 5.60 Å². The Balaban J connectivity index is 0.000000454. The molecule has 2 aromatic rings. The van der Waals surface area contributed by atoms with E-state index in [4.69, 9.17) is 14.7 Å². The number of carboxylic acids is 1. The molecular formula is C23H22F4N4O5. The highest BCUT2D eigenvalue weighted by molar-refractivity contribution is 6.39. The van der Waals surface area contributed by atoms with Gasteiger partial charge in [-0.2, -0.15) is 13.2 Å². The lowest BCUT2D eigenvalue weighted by Crippen LogP contribution is -2.51. The van der Waals surface area contributed by atoms with E-state index in [1.807, 2.05) is 6.07 Å². The van der Waals surface area contributed by atoms with Crippen molar-refractivity contribution < 1.29 is 41.9 Å². The van der Waals surface area contributed by atoms with Crippen LogP contribution in [0.5, 0.6) is 0 Å². The summed E-state index contributed by atoms with van der Waals surface area (Å²) in [6.45, 7) is 1.22. The number of aromatic nitrogens is 1. The van der Waals surface area contributed by atoms with Gasteiger partial charge in [-0.1, -0.05) is 17.3 Å². The van der Waals surface area contributed by atoms with Crippen LogP contribution >= 0.6 is 0 Å². The number of carboxylic acid groups (broad SMARTS) is 1. The molecule has 2 aliphatic rings. The van der Waals surface area contributed by atoms with Crippen LogP contribution in [0.2, 0.25) is 0 Å². The molecule has 1 fully saturated rings. The van der Waals surface area contributed by atoms with Crippen molar-refractivity contribution in [1.82, 2.24) is 15.2 Å². The molecule has 0 bridgehead atoms. The molecule has 2 N–H and O–H groups in total. The number of likely N-dealkylation sites (tertiary alicyclic amines) is 1. The Morgan fingerprint density at radius 2 is 1.94 bits per heavy atom. The second-order valence-corrected chi connectivity index (χ2v) is 8.18. The van der Waals surface area contributed by atoms with Crippen LogP contribution in [0, 0.1) is 5.82 Å². The molecule has 3 heterocycles. The number of nitrogens with one attached hydrogen (secondary N) is 1. The summed E-state index contributed by atoms with van der Waals surface area (Å²) >= 11 is 0. The number of piperidine rings is 1. The van der Waals surface area contributed by atoms with Crippen molar-refractivity contribution >= 4 is 23.5 Å². The lowest BCUT2D eigenvalue weighted by Gasteiger charge is -2.38. The van der Waals surface area contributed by atoms with Crippen LogP contribution in [0.25, 0.3) is 0 Å². The van der Waals surface area contributed by atoms with Crippen molar-refractivity contribution in [1.29, 1.82) is 0 Å². The average Bonchev–Trinajstić information content (AvgIpc) is 3.25. The van der Waals surface area contributed by atoms with E-state index >= 15 is 0 Å². The van der Waals surface area contributed by atoms with E-state index in [9.17, 15) is 27.2 Å². The molecule has 1 saturated heterocycles. The Bertz CT molecular complexity index is 1140. The summed E-state index contributed by atoms with van der Waals surface area (Å²) < 4.78 is 45.2. The lowest BCUT2D eigenvalue weighted by molar-refractivity contribution is -0.192. The van der Waals surface area contributed by atoms with Crippen LogP contribution in [0.3, 0.4) is 0 Å². The van der Waals surface area contributed by atoms with Crippen molar-refractivity contribution in [2.24, 2.45) is 5.16 Å². The number of hydrogen-bond donors (Lipinski definition) is 2. The molecule has 2 aliphatic heterocycles. The van der Waals surface area contributed by atoms with Crippen LogP contribution in [0.15, 0.2) is 53.9 Å². The van der Waals surface area contributed by atoms with Gasteiger partial charge in [-0.15, -0.1) is 0 Å². The van der Waals surface area contributed by atoms with E-state index < -0.39 is 23.6 Å². The number of amides is 2. The maximum Gasteiger partial charge on any atom is 0.490 e. The summed E-state index contributed by atoms with van der Waals surface area (Å²) in [6.07, 6.45) is 0.0263. The Labute approximate surface area is 202 Å². The first-order valence-electron chi connectivity index (χ1n) is 10.8. The fraction of sp³-hybridized carbons (Fsp3) is 0.348. The number of oxime groups is 1. The van der Waals surface area contributed by atoms with Crippen molar-refractivity contribution in [3.05, 3.63) is 65.7 Å². The fourth-order valence-electron chi connectivity index (χ4n) is 3.72. The third-order valence-electron chi connectivity index (χ3n) is 5.42. The SMILES string of the molecule is O=C(NCc1cccnc1)C1=NOC2(CCCN(C(=O)c3cccc(F)c3)C2)C1.O=C(O)C(F)(F)F. The molecule has 1 spiro atoms. The minimum Gasteiger partial charge on any atom is -0.475 e. The van der Waals surface area contributed by atoms with Gasteiger partial charge in [0.1, 0.15) is 11.5 Å². The summed E-state index contributed by atoms with van der Waals surface area (Å²) in [5.41, 5.74) is 0.798. The zero-order valence-corrected chi connectivity index (χ0v) is 18.8. The van der Waals surface area contributed by atoms with Crippen molar-refractivity contribution in [3.63, 3.8) is 0 Å². The van der Waals surface area contributed by atoms with Gasteiger partial charge in [0.2, 0.25) is 0 Å². The minimum atomic E-state index is -5.08. The molecule has 36 heavy (non-hydrogen) atoms. The largest absolute Gasteiger partial charge is 0.490 e. The summed E-state index contributed by atoms with van der Waals surface area (Å²) in [5.74, 6) is -3.75. The van der Waals surface area contributed by atoms with Crippen molar-refractivity contribution in [2.75, 3.05) is 13.1 Å². The van der Waals surface area contributed by atoms with Gasteiger partial charge in [0.25, 0.3) is 11.8 Å². The number of carbonyl (C=O) groups excluding carboxylic acids is 2. The minimum absolute atomic E-state index is 0.248. The first-order valence-corrected chi connectivity index (χ1v) is 10.8. The van der Waals surface area contributed by atoms with E-state index in [0.717, 1.165) is 12.0 Å². The maximum absolute atomic E-state index is 13.5. The number of alkyl halides is 3. The van der Waals surface area contributed by atoms with Gasteiger partial charge >= 0.3 is 12.1 Å². The highest BCUT2D eigenvalue weighted by Crippen LogP contribution is 2.34. The molecule has 1 atom stereocenters. The van der Waals surface area contributed by atoms with Gasteiger partial charge in [-0.05, 0) is 42.7 Å². The van der Waals surface area contributed by atoms with Gasteiger partial charge in [-0.3, -0.25) is 14.6 Å². The zero-order valence-electron chi connectivity index (χ0n) is 18.8. The predicted octanol–water partition coefficient (Wildman–Crippen LogP) is 2.92. The average molecular weight is 510 g/mol. The Hall–Kier alpha value is -4.03. The first-order chi connectivity index (χ1) is 17.0. The smallest absolute Gasteiger partial charge is 0.475 e. The summed E-state index contributed by atoms with van der Waals surface area (Å²) in [5, 5.41) is 13.9. The van der Waals surface area contributed by atoms with E-state index in [1.165, 1.54) is 18.2 Å². The second-order valence-electron chi connectivity index (χ2n) is 8.18. The molecule has 1 unspecified atom stereocenters.